The predicted octanol–water partition coefficient (Wildman–Crippen LogP) is -1.20. The molecule has 11 heavy (non-hydrogen) atoms. The lowest BCUT2D eigenvalue weighted by Crippen LogP contribution is -2.40. The molecule has 1 unspecified atom stereocenters. The summed E-state index contributed by atoms with van der Waals surface area (Å²) in [4.78, 5) is 12.9. The molecule has 4 nitrogen and oxygen atoms in total. The van der Waals surface area contributed by atoms with E-state index < -0.39 is 0 Å². The van der Waals surface area contributed by atoms with Gasteiger partial charge in [0.15, 0.2) is 0 Å². The molecule has 0 bridgehead atoms. The van der Waals surface area contributed by atoms with Gasteiger partial charge < -0.3 is 10.4 Å². The molecule has 0 aromatic heterocycles. The van der Waals surface area contributed by atoms with Gasteiger partial charge in [-0.1, -0.05) is 0 Å². The number of hydrogen-bond acceptors (Lipinski definition) is 3. The molecule has 0 saturated carbocycles. The van der Waals surface area contributed by atoms with Gasteiger partial charge in [0.25, 0.3) is 0 Å². The molecule has 4 heteroatoms. The van der Waals surface area contributed by atoms with Crippen molar-refractivity contribution in [3.05, 3.63) is 0 Å². The summed E-state index contributed by atoms with van der Waals surface area (Å²) in [6.07, 6.45) is 0.535. The third-order valence-corrected chi connectivity index (χ3v) is 2.06. The summed E-state index contributed by atoms with van der Waals surface area (Å²) in [7, 11) is 1.92. The monoisotopic (exact) mass is 158 g/mol. The average molecular weight is 158 g/mol. The van der Waals surface area contributed by atoms with Gasteiger partial charge in [-0.3, -0.25) is 9.69 Å². The Morgan fingerprint density at radius 1 is 1.82 bits per heavy atom. The highest BCUT2D eigenvalue weighted by Crippen LogP contribution is 2.00. The lowest BCUT2D eigenvalue weighted by Gasteiger charge is -2.22. The van der Waals surface area contributed by atoms with Gasteiger partial charge in [0.05, 0.1) is 6.61 Å². The largest absolute Gasteiger partial charge is 0.395 e. The molecular formula is C7H14N2O2. The van der Waals surface area contributed by atoms with Crippen LogP contribution in [0.5, 0.6) is 0 Å². The molecule has 1 aliphatic rings. The fraction of sp³-hybridized carbons (Fsp3) is 0.857. The van der Waals surface area contributed by atoms with Gasteiger partial charge in [-0.05, 0) is 7.05 Å². The summed E-state index contributed by atoms with van der Waals surface area (Å²) in [6, 6.07) is 0.0847. The highest BCUT2D eigenvalue weighted by Gasteiger charge is 2.18. The lowest BCUT2D eigenvalue weighted by atomic mass is 10.3. The summed E-state index contributed by atoms with van der Waals surface area (Å²) in [5, 5.41) is 11.6. The Morgan fingerprint density at radius 2 is 2.55 bits per heavy atom. The highest BCUT2D eigenvalue weighted by atomic mass is 16.3. The third kappa shape index (κ3) is 2.17. The Labute approximate surface area is 66.2 Å². The van der Waals surface area contributed by atoms with Gasteiger partial charge in [-0.15, -0.1) is 0 Å². The number of hydrogen-bond donors (Lipinski definition) is 2. The first-order chi connectivity index (χ1) is 5.24. The number of amides is 1. The van der Waals surface area contributed by atoms with Crippen LogP contribution in [0.25, 0.3) is 0 Å². The molecule has 1 aliphatic heterocycles. The Kier molecular flexibility index (Phi) is 2.84. The molecular weight excluding hydrogens is 144 g/mol. The molecule has 1 amide bonds. The van der Waals surface area contributed by atoms with Gasteiger partial charge >= 0.3 is 0 Å². The smallest absolute Gasteiger partial charge is 0.221 e. The zero-order chi connectivity index (χ0) is 8.27. The van der Waals surface area contributed by atoms with Gasteiger partial charge in [0.1, 0.15) is 0 Å². The number of nitrogens with one attached hydrogen (secondary N) is 1. The molecule has 1 rings (SSSR count). The first-order valence-corrected chi connectivity index (χ1v) is 3.82. The molecule has 0 aromatic carbocycles. The molecule has 64 valence electrons. The molecule has 0 aliphatic carbocycles. The lowest BCUT2D eigenvalue weighted by molar-refractivity contribution is -0.120. The summed E-state index contributed by atoms with van der Waals surface area (Å²) in [5.74, 6) is 0.0767. The van der Waals surface area contributed by atoms with Crippen molar-refractivity contribution in [2.45, 2.75) is 12.5 Å². The van der Waals surface area contributed by atoms with E-state index in [1.807, 2.05) is 11.9 Å². The summed E-state index contributed by atoms with van der Waals surface area (Å²) in [5.41, 5.74) is 0. The van der Waals surface area contributed by atoms with E-state index >= 15 is 0 Å². The van der Waals surface area contributed by atoms with E-state index in [2.05, 4.69) is 5.32 Å². The Hall–Kier alpha value is -0.610. The summed E-state index contributed by atoms with van der Waals surface area (Å²) in [6.45, 7) is 1.40. The van der Waals surface area contributed by atoms with Gasteiger partial charge in [0.2, 0.25) is 5.91 Å². The van der Waals surface area contributed by atoms with Crippen molar-refractivity contribution in [3.63, 3.8) is 0 Å². The molecule has 0 aromatic rings. The van der Waals surface area contributed by atoms with Gasteiger partial charge in [-0.2, -0.15) is 0 Å². The van der Waals surface area contributed by atoms with Crippen LogP contribution in [0.15, 0.2) is 0 Å². The maximum absolute atomic E-state index is 10.9. The minimum atomic E-state index is 0.0767. The average Bonchev–Trinajstić information content (AvgIpc) is 2.15. The topological polar surface area (TPSA) is 52.6 Å². The van der Waals surface area contributed by atoms with E-state index in [0.717, 1.165) is 6.54 Å². The Morgan fingerprint density at radius 3 is 3.18 bits per heavy atom. The van der Waals surface area contributed by atoms with E-state index in [1.54, 1.807) is 0 Å². The van der Waals surface area contributed by atoms with Crippen LogP contribution in [-0.4, -0.2) is 48.7 Å². The van der Waals surface area contributed by atoms with Crippen LogP contribution in [0.2, 0.25) is 0 Å². The van der Waals surface area contributed by atoms with Crippen molar-refractivity contribution in [2.24, 2.45) is 0 Å². The van der Waals surface area contributed by atoms with Crippen LogP contribution in [0, 0.1) is 0 Å². The zero-order valence-corrected chi connectivity index (χ0v) is 6.71. The van der Waals surface area contributed by atoms with E-state index in [-0.39, 0.29) is 18.6 Å². The van der Waals surface area contributed by atoms with E-state index in [4.69, 9.17) is 5.11 Å². The second-order valence-electron chi connectivity index (χ2n) is 2.87. The fourth-order valence-electron chi connectivity index (χ4n) is 1.14. The summed E-state index contributed by atoms with van der Waals surface area (Å²) >= 11 is 0. The first-order valence-electron chi connectivity index (χ1n) is 3.82. The van der Waals surface area contributed by atoms with Crippen LogP contribution in [0.1, 0.15) is 6.42 Å². The molecule has 1 atom stereocenters. The number of likely N-dealkylation sites (N-methyl/N-ethyl adjacent to an activating group) is 1. The number of rotatable bonds is 1. The molecule has 0 spiro atoms. The van der Waals surface area contributed by atoms with Crippen molar-refractivity contribution in [1.82, 2.24) is 10.2 Å². The zero-order valence-electron chi connectivity index (χ0n) is 6.71. The number of carbonyl (C=O) groups is 1. The Balaban J connectivity index is 2.48. The van der Waals surface area contributed by atoms with E-state index in [9.17, 15) is 4.79 Å². The summed E-state index contributed by atoms with van der Waals surface area (Å²) < 4.78 is 0. The van der Waals surface area contributed by atoms with Crippen molar-refractivity contribution >= 4 is 5.91 Å². The number of aliphatic hydroxyl groups is 1. The molecule has 2 N–H and O–H groups in total. The first kappa shape index (κ1) is 8.49. The molecule has 1 saturated heterocycles. The third-order valence-electron chi connectivity index (χ3n) is 2.06. The SMILES string of the molecule is CN1CCC(=O)NCC1CO. The van der Waals surface area contributed by atoms with Crippen LogP contribution in [-0.2, 0) is 4.79 Å². The molecule has 0 radical (unpaired) electrons. The fourth-order valence-corrected chi connectivity index (χ4v) is 1.14. The quantitative estimate of drug-likeness (QED) is 0.504. The standard InChI is InChI=1S/C7H14N2O2/c1-9-3-2-7(11)8-4-6(9)5-10/h6,10H,2-5H2,1H3,(H,8,11). The van der Waals surface area contributed by atoms with E-state index in [0.29, 0.717) is 13.0 Å². The minimum Gasteiger partial charge on any atom is -0.395 e. The maximum Gasteiger partial charge on any atom is 0.221 e. The number of nitrogens with zero attached hydrogens (tertiary/aromatic N) is 1. The van der Waals surface area contributed by atoms with Gasteiger partial charge in [0, 0.05) is 25.6 Å². The van der Waals surface area contributed by atoms with Crippen LogP contribution < -0.4 is 5.32 Å². The molecule has 1 heterocycles. The van der Waals surface area contributed by atoms with E-state index in [1.165, 1.54) is 0 Å². The molecule has 1 fully saturated rings. The van der Waals surface area contributed by atoms with Crippen molar-refractivity contribution in [3.8, 4) is 0 Å². The predicted molar refractivity (Wildman–Crippen MR) is 41.1 cm³/mol. The van der Waals surface area contributed by atoms with Gasteiger partial charge in [-0.25, -0.2) is 0 Å². The van der Waals surface area contributed by atoms with Crippen LogP contribution >= 0.6 is 0 Å². The second-order valence-corrected chi connectivity index (χ2v) is 2.87. The van der Waals surface area contributed by atoms with Crippen molar-refractivity contribution in [1.29, 1.82) is 0 Å². The number of aliphatic hydroxyl groups excluding tert-OH is 1. The number of carbonyl (C=O) groups excluding carboxylic acids is 1. The minimum absolute atomic E-state index is 0.0767. The highest BCUT2D eigenvalue weighted by molar-refractivity contribution is 5.76. The van der Waals surface area contributed by atoms with Crippen molar-refractivity contribution in [2.75, 3.05) is 26.7 Å². The normalized spacial score (nSPS) is 27.8. The van der Waals surface area contributed by atoms with Crippen LogP contribution in [0.4, 0.5) is 0 Å². The second kappa shape index (κ2) is 3.69. The maximum atomic E-state index is 10.9. The van der Waals surface area contributed by atoms with Crippen molar-refractivity contribution < 1.29 is 9.90 Å². The Bertz CT molecular complexity index is 149. The van der Waals surface area contributed by atoms with Crippen LogP contribution in [0.3, 0.4) is 0 Å².